The number of nitrogen functional groups attached to an aromatic ring is 4. The van der Waals surface area contributed by atoms with Crippen LogP contribution in [0.5, 0.6) is 0 Å². The van der Waals surface area contributed by atoms with Crippen LogP contribution < -0.4 is 22.9 Å². The first-order chi connectivity index (χ1) is 19.5. The maximum Gasteiger partial charge on any atom is 0.175 e. The molecule has 2 heterocycles. The van der Waals surface area contributed by atoms with Gasteiger partial charge in [-0.05, 0) is 57.3 Å². The van der Waals surface area contributed by atoms with Gasteiger partial charge in [-0.3, -0.25) is 10.2 Å². The van der Waals surface area contributed by atoms with Crippen LogP contribution in [0.2, 0.25) is 0 Å². The van der Waals surface area contributed by atoms with E-state index in [9.17, 15) is 0 Å². The molecule has 0 saturated carbocycles. The number of nitrogens with two attached hydrogens (primary N) is 4. The van der Waals surface area contributed by atoms with Crippen LogP contribution in [-0.2, 0) is 0 Å². The van der Waals surface area contributed by atoms with E-state index in [0.717, 1.165) is 33.0 Å². The standard InChI is InChI=1S/C28H24N12/c29-25-23(26(30)38-37-25)35-33-17-7-3-5-15(13-17)19-11-12-20(22-10-2-1-9-21(19)22)16-6-4-8-18(14-16)34-36-24-27(31)39-40-28(24)32/h1-14H,(H5,29,30,37,38)(H5,31,32,39,40). The molecule has 0 amide bonds. The van der Waals surface area contributed by atoms with Crippen molar-refractivity contribution in [3.63, 3.8) is 0 Å². The molecule has 2 aromatic heterocycles. The van der Waals surface area contributed by atoms with Crippen molar-refractivity contribution in [2.24, 2.45) is 20.5 Å². The minimum atomic E-state index is 0.194. The van der Waals surface area contributed by atoms with E-state index >= 15 is 0 Å². The smallest absolute Gasteiger partial charge is 0.175 e. The van der Waals surface area contributed by atoms with Gasteiger partial charge < -0.3 is 22.9 Å². The van der Waals surface area contributed by atoms with E-state index in [0.29, 0.717) is 22.7 Å². The topological polar surface area (TPSA) is 211 Å². The first-order valence-corrected chi connectivity index (χ1v) is 12.2. The fourth-order valence-corrected chi connectivity index (χ4v) is 4.43. The van der Waals surface area contributed by atoms with Crippen LogP contribution in [0.25, 0.3) is 33.0 Å². The minimum Gasteiger partial charge on any atom is -0.382 e. The molecule has 4 aromatic carbocycles. The lowest BCUT2D eigenvalue weighted by Gasteiger charge is -2.12. The van der Waals surface area contributed by atoms with Crippen molar-refractivity contribution in [3.8, 4) is 22.3 Å². The molecule has 0 bridgehead atoms. The van der Waals surface area contributed by atoms with Crippen LogP contribution >= 0.6 is 0 Å². The average Bonchev–Trinajstić information content (AvgIpc) is 3.48. The Bertz CT molecular complexity index is 1740. The molecule has 0 unspecified atom stereocenters. The average molecular weight is 529 g/mol. The number of aromatic nitrogens is 4. The van der Waals surface area contributed by atoms with E-state index in [2.05, 4.69) is 65.1 Å². The summed E-state index contributed by atoms with van der Waals surface area (Å²) in [6.07, 6.45) is 0. The Morgan fingerprint density at radius 1 is 0.500 bits per heavy atom. The molecule has 0 aliphatic rings. The molecule has 0 spiro atoms. The van der Waals surface area contributed by atoms with Gasteiger partial charge >= 0.3 is 0 Å². The summed E-state index contributed by atoms with van der Waals surface area (Å²) in [6, 6.07) is 28.0. The van der Waals surface area contributed by atoms with Gasteiger partial charge in [0.05, 0.1) is 11.4 Å². The monoisotopic (exact) mass is 528 g/mol. The van der Waals surface area contributed by atoms with Crippen molar-refractivity contribution >= 4 is 56.8 Å². The Morgan fingerprint density at radius 2 is 0.950 bits per heavy atom. The lowest BCUT2D eigenvalue weighted by Crippen LogP contribution is -1.86. The molecular formula is C28H24N12. The Kier molecular flexibility index (Phi) is 6.09. The number of hydrogen-bond donors (Lipinski definition) is 6. The third-order valence-electron chi connectivity index (χ3n) is 6.36. The van der Waals surface area contributed by atoms with Crippen molar-refractivity contribution in [1.29, 1.82) is 0 Å². The number of azo groups is 2. The predicted molar refractivity (Wildman–Crippen MR) is 158 cm³/mol. The van der Waals surface area contributed by atoms with Crippen molar-refractivity contribution in [2.45, 2.75) is 0 Å². The van der Waals surface area contributed by atoms with Crippen LogP contribution in [0.4, 0.5) is 46.0 Å². The summed E-state index contributed by atoms with van der Waals surface area (Å²) in [7, 11) is 0. The largest absolute Gasteiger partial charge is 0.382 e. The molecule has 12 heteroatoms. The lowest BCUT2D eigenvalue weighted by atomic mass is 9.92. The zero-order valence-electron chi connectivity index (χ0n) is 21.1. The number of fused-ring (bicyclic) bond motifs is 1. The van der Waals surface area contributed by atoms with Crippen LogP contribution in [0.15, 0.2) is 105 Å². The second kappa shape index (κ2) is 10.0. The highest BCUT2D eigenvalue weighted by Gasteiger charge is 2.12. The summed E-state index contributed by atoms with van der Waals surface area (Å²) in [5.74, 6) is 0.914. The number of hydrogen-bond acceptors (Lipinski definition) is 10. The summed E-state index contributed by atoms with van der Waals surface area (Å²) >= 11 is 0. The van der Waals surface area contributed by atoms with Crippen molar-refractivity contribution in [3.05, 3.63) is 84.9 Å². The molecule has 0 aliphatic carbocycles. The SMILES string of the molecule is Nc1n[nH]c(N)c1N=Nc1cccc(-c2ccc(-c3cccc(N=Nc4c(N)n[nH]c4N)c3)c3ccccc23)c1. The molecular weight excluding hydrogens is 504 g/mol. The lowest BCUT2D eigenvalue weighted by molar-refractivity contribution is 1.11. The van der Waals surface area contributed by atoms with Crippen LogP contribution in [-0.4, -0.2) is 20.4 Å². The number of rotatable bonds is 6. The highest BCUT2D eigenvalue weighted by Crippen LogP contribution is 2.38. The first kappa shape index (κ1) is 24.3. The molecule has 6 aromatic rings. The molecule has 196 valence electrons. The minimum absolute atomic E-state index is 0.194. The Hall–Kier alpha value is -6.04. The number of nitrogens with zero attached hydrogens (tertiary/aromatic N) is 6. The van der Waals surface area contributed by atoms with E-state index in [1.165, 1.54) is 0 Å². The molecule has 10 N–H and O–H groups in total. The van der Waals surface area contributed by atoms with Crippen molar-refractivity contribution < 1.29 is 0 Å². The Morgan fingerprint density at radius 3 is 1.35 bits per heavy atom. The highest BCUT2D eigenvalue weighted by atomic mass is 15.3. The summed E-state index contributed by atoms with van der Waals surface area (Å²) in [5.41, 5.74) is 29.3. The van der Waals surface area contributed by atoms with Crippen molar-refractivity contribution in [2.75, 3.05) is 22.9 Å². The van der Waals surface area contributed by atoms with Gasteiger partial charge in [-0.25, -0.2) is 0 Å². The second-order valence-corrected chi connectivity index (χ2v) is 8.95. The zero-order chi connectivity index (χ0) is 27.6. The molecule has 12 nitrogen and oxygen atoms in total. The van der Waals surface area contributed by atoms with Crippen LogP contribution in [0.1, 0.15) is 0 Å². The molecule has 40 heavy (non-hydrogen) atoms. The molecule has 0 atom stereocenters. The highest BCUT2D eigenvalue weighted by molar-refractivity contribution is 6.05. The van der Waals surface area contributed by atoms with E-state index in [1.54, 1.807) is 0 Å². The summed E-state index contributed by atoms with van der Waals surface area (Å²) in [6.45, 7) is 0. The van der Waals surface area contributed by atoms with Gasteiger partial charge in [-0.2, -0.15) is 20.4 Å². The number of benzene rings is 4. The van der Waals surface area contributed by atoms with Gasteiger partial charge in [0.1, 0.15) is 11.6 Å². The van der Waals surface area contributed by atoms with Gasteiger partial charge in [-0.15, -0.1) is 10.2 Å². The molecule has 0 aliphatic heterocycles. The third kappa shape index (κ3) is 4.56. The molecule has 0 saturated heterocycles. The summed E-state index contributed by atoms with van der Waals surface area (Å²) in [5, 5.41) is 32.1. The normalized spacial score (nSPS) is 11.7. The van der Waals surface area contributed by atoms with E-state index in [-0.39, 0.29) is 23.3 Å². The van der Waals surface area contributed by atoms with E-state index in [4.69, 9.17) is 22.9 Å². The molecule has 6 rings (SSSR count). The van der Waals surface area contributed by atoms with Crippen LogP contribution in [0.3, 0.4) is 0 Å². The fourth-order valence-electron chi connectivity index (χ4n) is 4.43. The van der Waals surface area contributed by atoms with E-state index < -0.39 is 0 Å². The van der Waals surface area contributed by atoms with Gasteiger partial charge in [0.15, 0.2) is 23.0 Å². The van der Waals surface area contributed by atoms with Gasteiger partial charge in [0, 0.05) is 0 Å². The number of nitrogens with one attached hydrogen (secondary N) is 2. The number of H-pyrrole nitrogens is 2. The second-order valence-electron chi connectivity index (χ2n) is 8.95. The first-order valence-electron chi connectivity index (χ1n) is 12.2. The number of aromatic amines is 2. The maximum atomic E-state index is 5.83. The summed E-state index contributed by atoms with van der Waals surface area (Å²) in [4.78, 5) is 0. The predicted octanol–water partition coefficient (Wildman–Crippen LogP) is 6.78. The Labute approximate surface area is 227 Å². The maximum absolute atomic E-state index is 5.83. The van der Waals surface area contributed by atoms with Crippen LogP contribution in [0, 0.1) is 0 Å². The van der Waals surface area contributed by atoms with Crippen molar-refractivity contribution in [1.82, 2.24) is 20.4 Å². The quantitative estimate of drug-likeness (QED) is 0.128. The molecule has 0 fully saturated rings. The van der Waals surface area contributed by atoms with Gasteiger partial charge in [0.2, 0.25) is 0 Å². The molecule has 0 radical (unpaired) electrons. The fraction of sp³-hybridized carbons (Fsp3) is 0. The Balaban J connectivity index is 1.36. The number of anilines is 4. The van der Waals surface area contributed by atoms with Gasteiger partial charge in [-0.1, -0.05) is 60.7 Å². The summed E-state index contributed by atoms with van der Waals surface area (Å²) < 4.78 is 0. The third-order valence-corrected chi connectivity index (χ3v) is 6.36. The zero-order valence-corrected chi connectivity index (χ0v) is 21.1. The van der Waals surface area contributed by atoms with Gasteiger partial charge in [0.25, 0.3) is 0 Å². The van der Waals surface area contributed by atoms with E-state index in [1.807, 2.05) is 60.7 Å².